The topological polar surface area (TPSA) is 37.8 Å². The SMILES string of the molecule is CC(C)CCc1nc2c(c(C(F)(F)F)n1)CCNC2. The molecule has 0 spiro atoms. The number of halogens is 3. The second kappa shape index (κ2) is 5.45. The molecule has 1 aromatic heterocycles. The van der Waals surface area contributed by atoms with Gasteiger partial charge in [-0.3, -0.25) is 0 Å². The molecular formula is C13H18F3N3. The van der Waals surface area contributed by atoms with Crippen molar-refractivity contribution in [2.75, 3.05) is 6.54 Å². The Balaban J connectivity index is 2.37. The van der Waals surface area contributed by atoms with Gasteiger partial charge in [-0.25, -0.2) is 9.97 Å². The van der Waals surface area contributed by atoms with E-state index in [4.69, 9.17) is 0 Å². The van der Waals surface area contributed by atoms with Crippen molar-refractivity contribution in [2.24, 2.45) is 5.92 Å². The van der Waals surface area contributed by atoms with Gasteiger partial charge >= 0.3 is 6.18 Å². The summed E-state index contributed by atoms with van der Waals surface area (Å²) < 4.78 is 39.1. The van der Waals surface area contributed by atoms with Gasteiger partial charge in [0.25, 0.3) is 0 Å². The molecule has 6 heteroatoms. The van der Waals surface area contributed by atoms with Gasteiger partial charge in [0.05, 0.1) is 5.69 Å². The maximum Gasteiger partial charge on any atom is 0.433 e. The number of fused-ring (bicyclic) bond motifs is 1. The summed E-state index contributed by atoms with van der Waals surface area (Å²) in [6.07, 6.45) is -2.76. The van der Waals surface area contributed by atoms with Crippen molar-refractivity contribution in [1.82, 2.24) is 15.3 Å². The molecular weight excluding hydrogens is 255 g/mol. The first-order valence-corrected chi connectivity index (χ1v) is 6.54. The Bertz CT molecular complexity index is 455. The number of nitrogens with zero attached hydrogens (tertiary/aromatic N) is 2. The number of hydrogen-bond acceptors (Lipinski definition) is 3. The number of nitrogens with one attached hydrogen (secondary N) is 1. The van der Waals surface area contributed by atoms with E-state index in [9.17, 15) is 13.2 Å². The fourth-order valence-electron chi connectivity index (χ4n) is 2.17. The second-order valence-electron chi connectivity index (χ2n) is 5.27. The molecule has 0 atom stereocenters. The lowest BCUT2D eigenvalue weighted by atomic mass is 10.0. The van der Waals surface area contributed by atoms with Crippen LogP contribution in [0.1, 0.15) is 43.0 Å². The molecule has 0 bridgehead atoms. The summed E-state index contributed by atoms with van der Waals surface area (Å²) in [5, 5.41) is 3.05. The normalized spacial score (nSPS) is 15.7. The van der Waals surface area contributed by atoms with Crippen molar-refractivity contribution in [2.45, 2.75) is 45.8 Å². The van der Waals surface area contributed by atoms with Gasteiger partial charge in [-0.15, -0.1) is 0 Å². The molecule has 0 amide bonds. The van der Waals surface area contributed by atoms with Gasteiger partial charge in [0.1, 0.15) is 5.82 Å². The molecule has 0 radical (unpaired) electrons. The zero-order valence-corrected chi connectivity index (χ0v) is 11.1. The van der Waals surface area contributed by atoms with Crippen LogP contribution in [0.15, 0.2) is 0 Å². The summed E-state index contributed by atoms with van der Waals surface area (Å²) in [4.78, 5) is 8.05. The summed E-state index contributed by atoms with van der Waals surface area (Å²) in [6.45, 7) is 5.01. The highest BCUT2D eigenvalue weighted by Crippen LogP contribution is 2.32. The number of hydrogen-bond donors (Lipinski definition) is 1. The Labute approximate surface area is 110 Å². The first kappa shape index (κ1) is 14.2. The van der Waals surface area contributed by atoms with Gasteiger partial charge in [-0.05, 0) is 25.3 Å². The van der Waals surface area contributed by atoms with Crippen LogP contribution in [0, 0.1) is 5.92 Å². The van der Waals surface area contributed by atoms with Crippen molar-refractivity contribution in [3.63, 3.8) is 0 Å². The summed E-state index contributed by atoms with van der Waals surface area (Å²) in [6, 6.07) is 0. The molecule has 19 heavy (non-hydrogen) atoms. The zero-order valence-electron chi connectivity index (χ0n) is 11.1. The van der Waals surface area contributed by atoms with Gasteiger partial charge in [0.15, 0.2) is 5.69 Å². The smallest absolute Gasteiger partial charge is 0.311 e. The molecule has 2 heterocycles. The van der Waals surface area contributed by atoms with Crippen molar-refractivity contribution >= 4 is 0 Å². The van der Waals surface area contributed by atoms with Gasteiger partial charge < -0.3 is 5.32 Å². The summed E-state index contributed by atoms with van der Waals surface area (Å²) >= 11 is 0. The van der Waals surface area contributed by atoms with Crippen LogP contribution in [-0.4, -0.2) is 16.5 Å². The third kappa shape index (κ3) is 3.43. The van der Waals surface area contributed by atoms with E-state index in [1.807, 2.05) is 13.8 Å². The van der Waals surface area contributed by atoms with Crippen LogP contribution >= 0.6 is 0 Å². The van der Waals surface area contributed by atoms with Crippen molar-refractivity contribution in [1.29, 1.82) is 0 Å². The molecule has 1 aliphatic rings. The highest BCUT2D eigenvalue weighted by Gasteiger charge is 2.37. The average molecular weight is 273 g/mol. The lowest BCUT2D eigenvalue weighted by Crippen LogP contribution is -2.29. The van der Waals surface area contributed by atoms with E-state index in [0.29, 0.717) is 43.4 Å². The summed E-state index contributed by atoms with van der Waals surface area (Å²) in [5.41, 5.74) is 0.0321. The maximum atomic E-state index is 13.0. The Hall–Kier alpha value is -1.17. The number of aromatic nitrogens is 2. The minimum absolute atomic E-state index is 0.263. The quantitative estimate of drug-likeness (QED) is 0.920. The molecule has 3 nitrogen and oxygen atoms in total. The molecule has 0 saturated heterocycles. The molecule has 1 N–H and O–H groups in total. The van der Waals surface area contributed by atoms with Gasteiger partial charge in [-0.2, -0.15) is 13.2 Å². The molecule has 1 aromatic rings. The van der Waals surface area contributed by atoms with E-state index in [1.54, 1.807) is 0 Å². The molecule has 0 fully saturated rings. The van der Waals surface area contributed by atoms with E-state index in [-0.39, 0.29) is 5.56 Å². The van der Waals surface area contributed by atoms with Gasteiger partial charge in [0.2, 0.25) is 0 Å². The van der Waals surface area contributed by atoms with E-state index in [0.717, 1.165) is 6.42 Å². The van der Waals surface area contributed by atoms with Crippen LogP contribution in [0.3, 0.4) is 0 Å². The fraction of sp³-hybridized carbons (Fsp3) is 0.692. The molecule has 106 valence electrons. The van der Waals surface area contributed by atoms with Crippen LogP contribution in [0.5, 0.6) is 0 Å². The molecule has 2 rings (SSSR count). The number of alkyl halides is 3. The average Bonchev–Trinajstić information content (AvgIpc) is 2.34. The van der Waals surface area contributed by atoms with Crippen LogP contribution < -0.4 is 5.32 Å². The lowest BCUT2D eigenvalue weighted by Gasteiger charge is -2.21. The van der Waals surface area contributed by atoms with Crippen LogP contribution in [0.25, 0.3) is 0 Å². The summed E-state index contributed by atoms with van der Waals surface area (Å²) in [5.74, 6) is 0.732. The Morgan fingerprint density at radius 3 is 2.63 bits per heavy atom. The molecule has 0 saturated carbocycles. The zero-order chi connectivity index (χ0) is 14.0. The fourth-order valence-corrected chi connectivity index (χ4v) is 2.17. The monoisotopic (exact) mass is 273 g/mol. The highest BCUT2D eigenvalue weighted by atomic mass is 19.4. The molecule has 0 aliphatic carbocycles. The van der Waals surface area contributed by atoms with Gasteiger partial charge in [-0.1, -0.05) is 13.8 Å². The third-order valence-corrected chi connectivity index (χ3v) is 3.20. The first-order chi connectivity index (χ1) is 8.88. The van der Waals surface area contributed by atoms with Crippen LogP contribution in [-0.2, 0) is 25.6 Å². The highest BCUT2D eigenvalue weighted by molar-refractivity contribution is 5.30. The largest absolute Gasteiger partial charge is 0.433 e. The predicted octanol–water partition coefficient (Wildman–Crippen LogP) is 2.73. The molecule has 1 aliphatic heterocycles. The molecule has 0 unspecified atom stereocenters. The number of aryl methyl sites for hydroxylation is 1. The molecule has 0 aromatic carbocycles. The van der Waals surface area contributed by atoms with Crippen molar-refractivity contribution in [3.8, 4) is 0 Å². The third-order valence-electron chi connectivity index (χ3n) is 3.20. The minimum atomic E-state index is -4.39. The van der Waals surface area contributed by atoms with E-state index >= 15 is 0 Å². The van der Waals surface area contributed by atoms with E-state index in [1.165, 1.54) is 0 Å². The Kier molecular flexibility index (Phi) is 4.08. The maximum absolute atomic E-state index is 13.0. The lowest BCUT2D eigenvalue weighted by molar-refractivity contribution is -0.142. The van der Waals surface area contributed by atoms with Crippen molar-refractivity contribution < 1.29 is 13.2 Å². The standard InChI is InChI=1S/C13H18F3N3/c1-8(2)3-4-11-18-10-7-17-6-5-9(10)12(19-11)13(14,15)16/h8,17H,3-7H2,1-2H3. The Morgan fingerprint density at radius 2 is 2.00 bits per heavy atom. The first-order valence-electron chi connectivity index (χ1n) is 6.54. The second-order valence-corrected chi connectivity index (χ2v) is 5.27. The predicted molar refractivity (Wildman–Crippen MR) is 65.6 cm³/mol. The van der Waals surface area contributed by atoms with E-state index < -0.39 is 11.9 Å². The van der Waals surface area contributed by atoms with Gasteiger partial charge in [0, 0.05) is 18.5 Å². The van der Waals surface area contributed by atoms with Crippen LogP contribution in [0.4, 0.5) is 13.2 Å². The summed E-state index contributed by atoms with van der Waals surface area (Å²) in [7, 11) is 0. The van der Waals surface area contributed by atoms with Crippen LogP contribution in [0.2, 0.25) is 0 Å². The number of rotatable bonds is 3. The Morgan fingerprint density at radius 1 is 1.26 bits per heavy atom. The minimum Gasteiger partial charge on any atom is -0.311 e. The van der Waals surface area contributed by atoms with Crippen molar-refractivity contribution in [3.05, 3.63) is 22.8 Å². The van der Waals surface area contributed by atoms with E-state index in [2.05, 4.69) is 15.3 Å².